The van der Waals surface area contributed by atoms with Gasteiger partial charge in [-0.15, -0.1) is 0 Å². The summed E-state index contributed by atoms with van der Waals surface area (Å²) in [5.41, 5.74) is 12.2. The summed E-state index contributed by atoms with van der Waals surface area (Å²) in [6.07, 6.45) is 0. The van der Waals surface area contributed by atoms with Gasteiger partial charge < -0.3 is 5.73 Å². The van der Waals surface area contributed by atoms with Gasteiger partial charge in [0.05, 0.1) is 6.04 Å². The molecule has 0 fully saturated rings. The van der Waals surface area contributed by atoms with Gasteiger partial charge in [-0.1, -0.05) is 47.5 Å². The van der Waals surface area contributed by atoms with Crippen molar-refractivity contribution in [2.24, 2.45) is 5.73 Å². The fourth-order valence-electron chi connectivity index (χ4n) is 2.56. The van der Waals surface area contributed by atoms with Gasteiger partial charge in [-0.3, -0.25) is 0 Å². The van der Waals surface area contributed by atoms with Crippen LogP contribution >= 0.6 is 11.6 Å². The van der Waals surface area contributed by atoms with Crippen LogP contribution in [0.2, 0.25) is 5.02 Å². The minimum atomic E-state index is -0.167. The molecule has 0 spiro atoms. The Labute approximate surface area is 114 Å². The number of benzene rings is 2. The number of hydrogen-bond acceptors (Lipinski definition) is 1. The molecule has 1 unspecified atom stereocenters. The van der Waals surface area contributed by atoms with Crippen molar-refractivity contribution in [3.05, 3.63) is 69.2 Å². The van der Waals surface area contributed by atoms with Crippen molar-refractivity contribution in [2.75, 3.05) is 0 Å². The molecule has 2 aromatic carbocycles. The lowest BCUT2D eigenvalue weighted by molar-refractivity contribution is 0.850. The fourth-order valence-corrected chi connectivity index (χ4v) is 2.82. The summed E-state index contributed by atoms with van der Waals surface area (Å²) >= 11 is 6.22. The molecule has 2 rings (SSSR count). The zero-order valence-corrected chi connectivity index (χ0v) is 11.8. The maximum Gasteiger partial charge on any atom is 0.0571 e. The number of hydrogen-bond donors (Lipinski definition) is 1. The summed E-state index contributed by atoms with van der Waals surface area (Å²) in [4.78, 5) is 0. The summed E-state index contributed by atoms with van der Waals surface area (Å²) < 4.78 is 0. The lowest BCUT2D eigenvalue weighted by Crippen LogP contribution is -2.15. The Morgan fingerprint density at radius 2 is 1.56 bits per heavy atom. The summed E-state index contributed by atoms with van der Waals surface area (Å²) in [5.74, 6) is 0. The average molecular weight is 260 g/mol. The second kappa shape index (κ2) is 5.13. The van der Waals surface area contributed by atoms with Crippen LogP contribution in [0, 0.1) is 20.8 Å². The van der Waals surface area contributed by atoms with Crippen LogP contribution in [0.1, 0.15) is 33.9 Å². The Kier molecular flexibility index (Phi) is 3.74. The molecular formula is C16H18ClN. The van der Waals surface area contributed by atoms with Crippen LogP contribution in [0.25, 0.3) is 0 Å². The molecule has 2 N–H and O–H groups in total. The van der Waals surface area contributed by atoms with Gasteiger partial charge in [0.1, 0.15) is 0 Å². The minimum absolute atomic E-state index is 0.167. The van der Waals surface area contributed by atoms with Crippen LogP contribution in [-0.4, -0.2) is 0 Å². The van der Waals surface area contributed by atoms with E-state index in [0.29, 0.717) is 0 Å². The molecule has 0 aliphatic rings. The van der Waals surface area contributed by atoms with Crippen LogP contribution in [0.3, 0.4) is 0 Å². The maximum atomic E-state index is 6.38. The number of aryl methyl sites for hydroxylation is 3. The monoisotopic (exact) mass is 259 g/mol. The third-order valence-corrected chi connectivity index (χ3v) is 3.63. The van der Waals surface area contributed by atoms with Gasteiger partial charge in [0.2, 0.25) is 0 Å². The molecule has 2 heteroatoms. The number of nitrogens with two attached hydrogens (primary N) is 1. The Morgan fingerprint density at radius 3 is 2.11 bits per heavy atom. The van der Waals surface area contributed by atoms with Gasteiger partial charge in [-0.2, -0.15) is 0 Å². The lowest BCUT2D eigenvalue weighted by Gasteiger charge is -2.19. The molecule has 94 valence electrons. The molecule has 18 heavy (non-hydrogen) atoms. The third-order valence-electron chi connectivity index (χ3n) is 3.29. The Hall–Kier alpha value is -1.31. The van der Waals surface area contributed by atoms with Gasteiger partial charge in [-0.05, 0) is 49.1 Å². The van der Waals surface area contributed by atoms with Crippen molar-refractivity contribution in [3.8, 4) is 0 Å². The topological polar surface area (TPSA) is 26.0 Å². The van der Waals surface area contributed by atoms with Gasteiger partial charge in [0.15, 0.2) is 0 Å². The smallest absolute Gasteiger partial charge is 0.0571 e. The quantitative estimate of drug-likeness (QED) is 0.854. The first kappa shape index (κ1) is 13.1. The van der Waals surface area contributed by atoms with E-state index >= 15 is 0 Å². The van der Waals surface area contributed by atoms with E-state index < -0.39 is 0 Å². The molecule has 2 aromatic rings. The van der Waals surface area contributed by atoms with Gasteiger partial charge in [-0.25, -0.2) is 0 Å². The first-order valence-corrected chi connectivity index (χ1v) is 6.46. The van der Waals surface area contributed by atoms with E-state index in [0.717, 1.165) is 10.6 Å². The highest BCUT2D eigenvalue weighted by Crippen LogP contribution is 2.30. The number of halogens is 1. The molecule has 0 radical (unpaired) electrons. The summed E-state index contributed by atoms with van der Waals surface area (Å²) in [5, 5.41) is 0.726. The summed E-state index contributed by atoms with van der Waals surface area (Å²) in [7, 11) is 0. The Morgan fingerprint density at radius 1 is 1.00 bits per heavy atom. The van der Waals surface area contributed by atoms with Gasteiger partial charge in [0.25, 0.3) is 0 Å². The van der Waals surface area contributed by atoms with Gasteiger partial charge >= 0.3 is 0 Å². The van der Waals surface area contributed by atoms with Crippen LogP contribution in [0.4, 0.5) is 0 Å². The molecule has 1 atom stereocenters. The van der Waals surface area contributed by atoms with E-state index in [1.807, 2.05) is 24.3 Å². The maximum absolute atomic E-state index is 6.38. The van der Waals surface area contributed by atoms with E-state index in [1.54, 1.807) is 0 Å². The predicted octanol–water partition coefficient (Wildman–Crippen LogP) is 4.31. The van der Waals surface area contributed by atoms with Crippen molar-refractivity contribution in [3.63, 3.8) is 0 Å². The molecule has 0 saturated heterocycles. The summed E-state index contributed by atoms with van der Waals surface area (Å²) in [6.45, 7) is 6.31. The normalized spacial score (nSPS) is 12.5. The van der Waals surface area contributed by atoms with Crippen molar-refractivity contribution >= 4 is 11.6 Å². The van der Waals surface area contributed by atoms with E-state index in [-0.39, 0.29) is 6.04 Å². The average Bonchev–Trinajstić information content (AvgIpc) is 2.27. The highest BCUT2D eigenvalue weighted by Gasteiger charge is 2.16. The predicted molar refractivity (Wildman–Crippen MR) is 78.1 cm³/mol. The van der Waals surface area contributed by atoms with Crippen molar-refractivity contribution in [1.82, 2.24) is 0 Å². The van der Waals surface area contributed by atoms with E-state index in [4.69, 9.17) is 17.3 Å². The molecule has 0 aliphatic carbocycles. The van der Waals surface area contributed by atoms with Crippen molar-refractivity contribution in [1.29, 1.82) is 0 Å². The molecule has 0 aliphatic heterocycles. The van der Waals surface area contributed by atoms with E-state index in [9.17, 15) is 0 Å². The SMILES string of the molecule is Cc1cc(C)c(C(N)c2ccccc2Cl)c(C)c1. The van der Waals surface area contributed by atoms with Crippen molar-refractivity contribution in [2.45, 2.75) is 26.8 Å². The lowest BCUT2D eigenvalue weighted by atomic mass is 9.90. The molecule has 0 heterocycles. The van der Waals surface area contributed by atoms with Crippen LogP contribution in [0.15, 0.2) is 36.4 Å². The molecule has 0 aromatic heterocycles. The molecule has 1 nitrogen and oxygen atoms in total. The highest BCUT2D eigenvalue weighted by atomic mass is 35.5. The largest absolute Gasteiger partial charge is 0.320 e. The fraction of sp³-hybridized carbons (Fsp3) is 0.250. The minimum Gasteiger partial charge on any atom is -0.320 e. The zero-order valence-electron chi connectivity index (χ0n) is 11.0. The zero-order chi connectivity index (χ0) is 13.3. The van der Waals surface area contributed by atoms with Crippen LogP contribution in [0.5, 0.6) is 0 Å². The Bertz CT molecular complexity index is 552. The molecule has 0 saturated carbocycles. The second-order valence-corrected chi connectivity index (χ2v) is 5.22. The second-order valence-electron chi connectivity index (χ2n) is 4.81. The standard InChI is InChI=1S/C16H18ClN/c1-10-8-11(2)15(12(3)9-10)16(18)13-6-4-5-7-14(13)17/h4-9,16H,18H2,1-3H3. The van der Waals surface area contributed by atoms with E-state index in [2.05, 4.69) is 32.9 Å². The third kappa shape index (κ3) is 2.43. The van der Waals surface area contributed by atoms with Crippen LogP contribution < -0.4 is 5.73 Å². The van der Waals surface area contributed by atoms with Crippen LogP contribution in [-0.2, 0) is 0 Å². The van der Waals surface area contributed by atoms with Gasteiger partial charge in [0, 0.05) is 5.02 Å². The summed E-state index contributed by atoms with van der Waals surface area (Å²) in [6, 6.07) is 11.9. The number of rotatable bonds is 2. The Balaban J connectivity index is 2.53. The first-order valence-electron chi connectivity index (χ1n) is 6.08. The molecule has 0 bridgehead atoms. The van der Waals surface area contributed by atoms with Crippen molar-refractivity contribution < 1.29 is 0 Å². The van der Waals surface area contributed by atoms with E-state index in [1.165, 1.54) is 22.3 Å². The highest BCUT2D eigenvalue weighted by molar-refractivity contribution is 6.31. The first-order chi connectivity index (χ1) is 8.50. The molecule has 0 amide bonds. The molecular weight excluding hydrogens is 242 g/mol.